The van der Waals surface area contributed by atoms with Crippen molar-refractivity contribution in [3.8, 4) is 0 Å². The molecule has 158 valence electrons. The number of hydrogen-bond acceptors (Lipinski definition) is 3. The van der Waals surface area contributed by atoms with E-state index in [4.69, 9.17) is 0 Å². The molecule has 3 rings (SSSR count). The smallest absolute Gasteiger partial charge is 0.326 e. The second kappa shape index (κ2) is 9.85. The Morgan fingerprint density at radius 2 is 1.16 bits per heavy atom. The van der Waals surface area contributed by atoms with Crippen molar-refractivity contribution >= 4 is 17.7 Å². The van der Waals surface area contributed by atoms with Gasteiger partial charge in [-0.2, -0.15) is 0 Å². The van der Waals surface area contributed by atoms with Gasteiger partial charge < -0.3 is 15.2 Å². The molecule has 0 unspecified atom stereocenters. The Kier molecular flexibility index (Phi) is 6.98. The van der Waals surface area contributed by atoms with Gasteiger partial charge in [-0.15, -0.1) is 0 Å². The van der Waals surface area contributed by atoms with Gasteiger partial charge in [-0.25, -0.2) is 4.79 Å². The summed E-state index contributed by atoms with van der Waals surface area (Å²) < 4.78 is 0. The number of rotatable bonds is 9. The molecule has 1 amide bonds. The van der Waals surface area contributed by atoms with E-state index in [1.165, 1.54) is 6.92 Å². The van der Waals surface area contributed by atoms with E-state index in [1.807, 2.05) is 91.0 Å². The first-order chi connectivity index (χ1) is 15.0. The van der Waals surface area contributed by atoms with Crippen molar-refractivity contribution in [1.82, 2.24) is 5.32 Å². The molecular weight excluding hydrogens is 390 g/mol. The highest BCUT2D eigenvalue weighted by Gasteiger charge is 2.44. The van der Waals surface area contributed by atoms with Gasteiger partial charge >= 0.3 is 5.97 Å². The minimum atomic E-state index is -1.26. The quantitative estimate of drug-likeness (QED) is 0.518. The monoisotopic (exact) mass is 415 g/mol. The molecule has 0 radical (unpaired) electrons. The lowest BCUT2D eigenvalue weighted by molar-refractivity contribution is -0.142. The number of benzene rings is 3. The van der Waals surface area contributed by atoms with Crippen LogP contribution in [0.25, 0.3) is 0 Å². The number of ketones is 1. The van der Waals surface area contributed by atoms with Crippen LogP contribution in [0.15, 0.2) is 91.0 Å². The molecule has 3 aromatic rings. The average Bonchev–Trinajstić information content (AvgIpc) is 2.79. The second-order valence-corrected chi connectivity index (χ2v) is 7.45. The Morgan fingerprint density at radius 1 is 0.774 bits per heavy atom. The summed E-state index contributed by atoms with van der Waals surface area (Å²) in [6.45, 7) is 1.41. The molecule has 2 N–H and O–H groups in total. The van der Waals surface area contributed by atoms with Crippen molar-refractivity contribution in [2.75, 3.05) is 0 Å². The van der Waals surface area contributed by atoms with Gasteiger partial charge in [0.15, 0.2) is 0 Å². The lowest BCUT2D eigenvalue weighted by atomic mass is 9.68. The van der Waals surface area contributed by atoms with Crippen LogP contribution in [0.5, 0.6) is 0 Å². The fourth-order valence-corrected chi connectivity index (χ4v) is 3.83. The largest absolute Gasteiger partial charge is 0.480 e. The van der Waals surface area contributed by atoms with E-state index in [0.29, 0.717) is 0 Å². The molecule has 0 aliphatic heterocycles. The van der Waals surface area contributed by atoms with E-state index in [-0.39, 0.29) is 18.6 Å². The maximum Gasteiger partial charge on any atom is 0.326 e. The van der Waals surface area contributed by atoms with E-state index in [0.717, 1.165) is 16.7 Å². The van der Waals surface area contributed by atoms with Gasteiger partial charge in [0.25, 0.3) is 0 Å². The van der Waals surface area contributed by atoms with Crippen LogP contribution in [0.2, 0.25) is 0 Å². The molecular formula is C26H25NO4. The summed E-state index contributed by atoms with van der Waals surface area (Å²) >= 11 is 0. The number of Topliss-reactive ketones (excluding diaryl/α,β-unsaturated/α-hetero) is 1. The molecule has 0 bridgehead atoms. The highest BCUT2D eigenvalue weighted by molar-refractivity contribution is 5.98. The zero-order valence-electron chi connectivity index (χ0n) is 17.3. The number of carboxylic acids is 1. The number of carboxylic acid groups (broad SMARTS) is 1. The summed E-state index contributed by atoms with van der Waals surface area (Å²) in [4.78, 5) is 37.2. The van der Waals surface area contributed by atoms with Gasteiger partial charge in [-0.05, 0) is 30.0 Å². The first-order valence-corrected chi connectivity index (χ1v) is 10.2. The average molecular weight is 415 g/mol. The van der Waals surface area contributed by atoms with Crippen LogP contribution >= 0.6 is 0 Å². The first-order valence-electron chi connectivity index (χ1n) is 10.2. The SMILES string of the molecule is CC(=O)CC[C@@H](NC(=O)C(c1ccccc1)(c1ccccc1)c1ccccc1)C(=O)O. The molecule has 5 heteroatoms. The molecule has 31 heavy (non-hydrogen) atoms. The lowest BCUT2D eigenvalue weighted by Crippen LogP contribution is -2.52. The minimum Gasteiger partial charge on any atom is -0.480 e. The Bertz CT molecular complexity index is 936. The third kappa shape index (κ3) is 4.72. The number of carbonyl (C=O) groups excluding carboxylic acids is 2. The van der Waals surface area contributed by atoms with Gasteiger partial charge in [0.2, 0.25) is 5.91 Å². The van der Waals surface area contributed by atoms with Crippen molar-refractivity contribution in [2.24, 2.45) is 0 Å². The van der Waals surface area contributed by atoms with Crippen LogP contribution in [0.4, 0.5) is 0 Å². The van der Waals surface area contributed by atoms with Gasteiger partial charge in [-0.1, -0.05) is 91.0 Å². The van der Waals surface area contributed by atoms with E-state index in [9.17, 15) is 19.5 Å². The molecule has 0 fully saturated rings. The molecule has 0 spiro atoms. The fourth-order valence-electron chi connectivity index (χ4n) is 3.83. The van der Waals surface area contributed by atoms with Crippen LogP contribution in [0.1, 0.15) is 36.5 Å². The highest BCUT2D eigenvalue weighted by Crippen LogP contribution is 2.39. The van der Waals surface area contributed by atoms with Crippen molar-refractivity contribution in [1.29, 1.82) is 0 Å². The fraction of sp³-hybridized carbons (Fsp3) is 0.192. The number of carbonyl (C=O) groups is 3. The van der Waals surface area contributed by atoms with E-state index in [1.54, 1.807) is 0 Å². The standard InChI is InChI=1S/C26H25NO4/c1-19(28)17-18-23(24(29)30)27-25(31)26(20-11-5-2-6-12-20,21-13-7-3-8-14-21)22-15-9-4-10-16-22/h2-16,23H,17-18H2,1H3,(H,27,31)(H,29,30)/t23-/m1/s1. The van der Waals surface area contributed by atoms with E-state index < -0.39 is 23.3 Å². The summed E-state index contributed by atoms with van der Waals surface area (Å²) in [6.07, 6.45) is 0.108. The molecule has 5 nitrogen and oxygen atoms in total. The van der Waals surface area contributed by atoms with Crippen molar-refractivity contribution < 1.29 is 19.5 Å². The maximum absolute atomic E-state index is 14.0. The molecule has 0 heterocycles. The van der Waals surface area contributed by atoms with Crippen molar-refractivity contribution in [3.63, 3.8) is 0 Å². The molecule has 0 saturated heterocycles. The topological polar surface area (TPSA) is 83.5 Å². The van der Waals surface area contributed by atoms with Crippen LogP contribution in [-0.2, 0) is 19.8 Å². The molecule has 0 aliphatic carbocycles. The van der Waals surface area contributed by atoms with Crippen molar-refractivity contribution in [3.05, 3.63) is 108 Å². The Hall–Kier alpha value is -3.73. The molecule has 0 saturated carbocycles. The van der Waals surface area contributed by atoms with Gasteiger partial charge in [-0.3, -0.25) is 4.79 Å². The molecule has 0 aliphatic rings. The van der Waals surface area contributed by atoms with Gasteiger partial charge in [0.1, 0.15) is 17.2 Å². The normalized spacial score (nSPS) is 12.0. The molecule has 3 aromatic carbocycles. The third-order valence-electron chi connectivity index (χ3n) is 5.35. The van der Waals surface area contributed by atoms with Crippen LogP contribution in [0, 0.1) is 0 Å². The Labute approximate surface area is 181 Å². The number of nitrogens with one attached hydrogen (secondary N) is 1. The zero-order valence-corrected chi connectivity index (χ0v) is 17.3. The molecule has 1 atom stereocenters. The Balaban J connectivity index is 2.18. The summed E-state index contributed by atoms with van der Waals surface area (Å²) in [7, 11) is 0. The zero-order chi connectivity index (χ0) is 22.3. The Morgan fingerprint density at radius 3 is 1.48 bits per heavy atom. The summed E-state index contributed by atoms with van der Waals surface area (Å²) in [5, 5.41) is 12.4. The minimum absolute atomic E-state index is 0.0326. The third-order valence-corrected chi connectivity index (χ3v) is 5.35. The van der Waals surface area contributed by atoms with Crippen LogP contribution < -0.4 is 5.32 Å². The van der Waals surface area contributed by atoms with Crippen LogP contribution in [0.3, 0.4) is 0 Å². The van der Waals surface area contributed by atoms with Gasteiger partial charge in [0.05, 0.1) is 0 Å². The summed E-state index contributed by atoms with van der Waals surface area (Å²) in [6, 6.07) is 26.8. The predicted octanol–water partition coefficient (Wildman–Crippen LogP) is 3.96. The second-order valence-electron chi connectivity index (χ2n) is 7.45. The van der Waals surface area contributed by atoms with Crippen LogP contribution in [-0.4, -0.2) is 28.8 Å². The number of hydrogen-bond donors (Lipinski definition) is 2. The van der Waals surface area contributed by atoms with Gasteiger partial charge in [0, 0.05) is 6.42 Å². The van der Waals surface area contributed by atoms with E-state index in [2.05, 4.69) is 5.32 Å². The maximum atomic E-state index is 14.0. The number of aliphatic carboxylic acids is 1. The van der Waals surface area contributed by atoms with Crippen molar-refractivity contribution in [2.45, 2.75) is 31.2 Å². The summed E-state index contributed by atoms with van der Waals surface area (Å²) in [5.41, 5.74) is 0.912. The highest BCUT2D eigenvalue weighted by atomic mass is 16.4. The van der Waals surface area contributed by atoms with E-state index >= 15 is 0 Å². The molecule has 0 aromatic heterocycles. The number of amides is 1. The predicted molar refractivity (Wildman–Crippen MR) is 119 cm³/mol. The first kappa shape index (κ1) is 22.0. The summed E-state index contributed by atoms with van der Waals surface area (Å²) in [5.74, 6) is -1.74. The lowest BCUT2D eigenvalue weighted by Gasteiger charge is -2.35.